The fraction of sp³-hybridized carbons (Fsp3) is 0.286. The van der Waals surface area contributed by atoms with E-state index in [4.69, 9.17) is 18.9 Å². The van der Waals surface area contributed by atoms with Crippen molar-refractivity contribution in [3.8, 4) is 17.2 Å². The van der Waals surface area contributed by atoms with Gasteiger partial charge in [0.05, 0.1) is 27.8 Å². The summed E-state index contributed by atoms with van der Waals surface area (Å²) in [4.78, 5) is 35.3. The number of methoxy groups -OCH3 is 3. The summed E-state index contributed by atoms with van der Waals surface area (Å²) < 4.78 is 20.8. The Morgan fingerprint density at radius 2 is 1.48 bits per heavy atom. The van der Waals surface area contributed by atoms with Gasteiger partial charge in [-0.1, -0.05) is 0 Å². The second-order valence-corrected chi connectivity index (χ2v) is 6.05. The zero-order chi connectivity index (χ0) is 21.4. The summed E-state index contributed by atoms with van der Waals surface area (Å²) in [7, 11) is 4.44. The molecule has 0 radical (unpaired) electrons. The minimum Gasteiger partial charge on any atom is -0.493 e. The molecule has 0 spiro atoms. The molecule has 0 fully saturated rings. The van der Waals surface area contributed by atoms with Gasteiger partial charge in [0.1, 0.15) is 0 Å². The Hall–Kier alpha value is -3.55. The van der Waals surface area contributed by atoms with E-state index in [-0.39, 0.29) is 12.2 Å². The van der Waals surface area contributed by atoms with Gasteiger partial charge in [-0.25, -0.2) is 0 Å². The van der Waals surface area contributed by atoms with Gasteiger partial charge < -0.3 is 24.3 Å². The normalized spacial score (nSPS) is 10.1. The average molecular weight is 401 g/mol. The molecule has 0 saturated heterocycles. The Morgan fingerprint density at radius 3 is 1.97 bits per heavy atom. The second kappa shape index (κ2) is 10.1. The lowest BCUT2D eigenvalue weighted by atomic mass is 10.1. The van der Waals surface area contributed by atoms with Gasteiger partial charge in [0.25, 0.3) is 5.91 Å². The van der Waals surface area contributed by atoms with E-state index in [1.807, 2.05) is 0 Å². The van der Waals surface area contributed by atoms with Gasteiger partial charge >= 0.3 is 5.97 Å². The van der Waals surface area contributed by atoms with Crippen LogP contribution in [0.25, 0.3) is 0 Å². The molecule has 154 valence electrons. The number of benzene rings is 2. The summed E-state index contributed by atoms with van der Waals surface area (Å²) in [6, 6.07) is 9.69. The van der Waals surface area contributed by atoms with Crippen LogP contribution in [0.5, 0.6) is 17.2 Å². The number of nitrogens with one attached hydrogen (secondary N) is 1. The molecular weight excluding hydrogens is 378 g/mol. The minimum atomic E-state index is -0.582. The van der Waals surface area contributed by atoms with Crippen molar-refractivity contribution in [3.05, 3.63) is 47.5 Å². The van der Waals surface area contributed by atoms with E-state index in [1.54, 1.807) is 36.4 Å². The molecule has 0 aliphatic heterocycles. The van der Waals surface area contributed by atoms with E-state index in [2.05, 4.69) is 5.32 Å². The predicted octanol–water partition coefficient (Wildman–Crippen LogP) is 2.64. The van der Waals surface area contributed by atoms with Crippen molar-refractivity contribution in [3.63, 3.8) is 0 Å². The summed E-state index contributed by atoms with van der Waals surface area (Å²) in [6.45, 7) is 1.03. The van der Waals surface area contributed by atoms with Gasteiger partial charge in [0.15, 0.2) is 23.9 Å². The van der Waals surface area contributed by atoms with Crippen LogP contribution in [-0.2, 0) is 20.7 Å². The molecule has 1 amide bonds. The highest BCUT2D eigenvalue weighted by molar-refractivity contribution is 5.96. The maximum absolute atomic E-state index is 12.1. The zero-order valence-electron chi connectivity index (χ0n) is 16.7. The fourth-order valence-corrected chi connectivity index (χ4v) is 2.59. The highest BCUT2D eigenvalue weighted by Crippen LogP contribution is 2.38. The monoisotopic (exact) mass is 401 g/mol. The van der Waals surface area contributed by atoms with Crippen LogP contribution in [0.15, 0.2) is 36.4 Å². The standard InChI is InChI=1S/C21H23NO7/c1-13(23)15-5-7-16(8-6-15)22-19(24)12-29-20(25)11-14-9-17(26-2)21(28-4)18(10-14)27-3/h5-10H,11-12H2,1-4H3,(H,22,24). The third-order valence-corrected chi connectivity index (χ3v) is 4.01. The lowest BCUT2D eigenvalue weighted by molar-refractivity contribution is -0.146. The smallest absolute Gasteiger partial charge is 0.310 e. The number of amides is 1. The second-order valence-electron chi connectivity index (χ2n) is 6.05. The summed E-state index contributed by atoms with van der Waals surface area (Å²) in [5.74, 6) is 0.119. The molecule has 0 aromatic heterocycles. The maximum Gasteiger partial charge on any atom is 0.310 e. The van der Waals surface area contributed by atoms with Crippen molar-refractivity contribution in [2.75, 3.05) is 33.3 Å². The summed E-state index contributed by atoms with van der Waals surface area (Å²) in [6.07, 6.45) is -0.0721. The van der Waals surface area contributed by atoms with Crippen LogP contribution in [0.4, 0.5) is 5.69 Å². The van der Waals surface area contributed by atoms with Crippen molar-refractivity contribution in [2.45, 2.75) is 13.3 Å². The van der Waals surface area contributed by atoms with Gasteiger partial charge in [-0.05, 0) is 48.9 Å². The Balaban J connectivity index is 1.92. The SMILES string of the molecule is COc1cc(CC(=O)OCC(=O)Nc2ccc(C(C)=O)cc2)cc(OC)c1OC. The molecule has 1 N–H and O–H groups in total. The molecule has 0 atom stereocenters. The third kappa shape index (κ3) is 5.97. The van der Waals surface area contributed by atoms with Gasteiger partial charge in [0, 0.05) is 11.3 Å². The first kappa shape index (κ1) is 21.7. The van der Waals surface area contributed by atoms with E-state index >= 15 is 0 Å². The Morgan fingerprint density at radius 1 is 0.897 bits per heavy atom. The topological polar surface area (TPSA) is 100 Å². The molecule has 29 heavy (non-hydrogen) atoms. The largest absolute Gasteiger partial charge is 0.493 e. The number of carbonyl (C=O) groups is 3. The lowest BCUT2D eigenvalue weighted by Crippen LogP contribution is -2.21. The van der Waals surface area contributed by atoms with Crippen molar-refractivity contribution in [1.29, 1.82) is 0 Å². The summed E-state index contributed by atoms with van der Waals surface area (Å²) >= 11 is 0. The van der Waals surface area contributed by atoms with E-state index in [0.29, 0.717) is 34.1 Å². The first-order valence-electron chi connectivity index (χ1n) is 8.73. The number of ether oxygens (including phenoxy) is 4. The highest BCUT2D eigenvalue weighted by atomic mass is 16.5. The Kier molecular flexibility index (Phi) is 7.59. The molecule has 0 heterocycles. The van der Waals surface area contributed by atoms with E-state index in [9.17, 15) is 14.4 Å². The number of carbonyl (C=O) groups excluding carboxylic acids is 3. The molecule has 2 rings (SSSR count). The van der Waals surface area contributed by atoms with Gasteiger partial charge in [-0.3, -0.25) is 14.4 Å². The molecular formula is C21H23NO7. The highest BCUT2D eigenvalue weighted by Gasteiger charge is 2.16. The number of ketones is 1. The molecule has 0 saturated carbocycles. The van der Waals surface area contributed by atoms with Crippen LogP contribution < -0.4 is 19.5 Å². The minimum absolute atomic E-state index is 0.0661. The van der Waals surface area contributed by atoms with Crippen molar-refractivity contribution >= 4 is 23.3 Å². The molecule has 8 heteroatoms. The lowest BCUT2D eigenvalue weighted by Gasteiger charge is -2.14. The van der Waals surface area contributed by atoms with Gasteiger partial charge in [-0.2, -0.15) is 0 Å². The number of hydrogen-bond donors (Lipinski definition) is 1. The summed E-state index contributed by atoms with van der Waals surface area (Å²) in [5, 5.41) is 2.59. The van der Waals surface area contributed by atoms with Crippen LogP contribution in [0.3, 0.4) is 0 Å². The van der Waals surface area contributed by atoms with Gasteiger partial charge in [-0.15, -0.1) is 0 Å². The van der Waals surface area contributed by atoms with Crippen molar-refractivity contribution < 1.29 is 33.3 Å². The molecule has 0 aliphatic rings. The molecule has 0 bridgehead atoms. The average Bonchev–Trinajstić information content (AvgIpc) is 2.71. The molecule has 2 aromatic rings. The first-order chi connectivity index (χ1) is 13.9. The van der Waals surface area contributed by atoms with Crippen LogP contribution in [0.2, 0.25) is 0 Å². The summed E-state index contributed by atoms with van der Waals surface area (Å²) in [5.41, 5.74) is 1.63. The Bertz CT molecular complexity index is 865. The van der Waals surface area contributed by atoms with Crippen molar-refractivity contribution in [2.24, 2.45) is 0 Å². The molecule has 8 nitrogen and oxygen atoms in total. The number of Topliss-reactive ketones (excluding diaryl/α,β-unsaturated/α-hetero) is 1. The Labute approximate surface area is 168 Å². The molecule has 0 aliphatic carbocycles. The van der Waals surface area contributed by atoms with Crippen LogP contribution in [0, 0.1) is 0 Å². The number of anilines is 1. The van der Waals surface area contributed by atoms with Gasteiger partial charge in [0.2, 0.25) is 5.75 Å². The maximum atomic E-state index is 12.1. The van der Waals surface area contributed by atoms with Crippen LogP contribution in [0.1, 0.15) is 22.8 Å². The number of rotatable bonds is 9. The van der Waals surface area contributed by atoms with E-state index < -0.39 is 18.5 Å². The van der Waals surface area contributed by atoms with Crippen LogP contribution >= 0.6 is 0 Å². The number of hydrogen-bond acceptors (Lipinski definition) is 7. The van der Waals surface area contributed by atoms with E-state index in [1.165, 1.54) is 28.3 Å². The van der Waals surface area contributed by atoms with Crippen molar-refractivity contribution in [1.82, 2.24) is 0 Å². The first-order valence-corrected chi connectivity index (χ1v) is 8.73. The van der Waals surface area contributed by atoms with E-state index in [0.717, 1.165) is 0 Å². The molecule has 2 aromatic carbocycles. The zero-order valence-corrected chi connectivity index (χ0v) is 16.7. The number of esters is 1. The fourth-order valence-electron chi connectivity index (χ4n) is 2.59. The van der Waals surface area contributed by atoms with Crippen LogP contribution in [-0.4, -0.2) is 45.6 Å². The third-order valence-electron chi connectivity index (χ3n) is 4.01. The quantitative estimate of drug-likeness (QED) is 0.509. The predicted molar refractivity (Wildman–Crippen MR) is 106 cm³/mol. The molecule has 0 unspecified atom stereocenters.